The summed E-state index contributed by atoms with van der Waals surface area (Å²) >= 11 is 3.55. The van der Waals surface area contributed by atoms with Gasteiger partial charge in [0.1, 0.15) is 0 Å². The molecule has 2 heteroatoms. The summed E-state index contributed by atoms with van der Waals surface area (Å²) in [5.74, 6) is 1.13. The van der Waals surface area contributed by atoms with Crippen molar-refractivity contribution in [3.05, 3.63) is 22.4 Å². The van der Waals surface area contributed by atoms with E-state index in [9.17, 15) is 0 Å². The Morgan fingerprint density at radius 3 is 3.25 bits per heavy atom. The lowest BCUT2D eigenvalue weighted by Gasteiger charge is -1.85. The summed E-state index contributed by atoms with van der Waals surface area (Å²) in [5.41, 5.74) is 0. The van der Waals surface area contributed by atoms with Gasteiger partial charge in [-0.3, -0.25) is 0 Å². The van der Waals surface area contributed by atoms with Gasteiger partial charge >= 0.3 is 0 Å². The van der Waals surface area contributed by atoms with E-state index in [1.54, 1.807) is 11.3 Å². The fraction of sp³-hybridized carbons (Fsp3) is 0.333. The van der Waals surface area contributed by atoms with E-state index in [0.29, 0.717) is 0 Å². The van der Waals surface area contributed by atoms with E-state index in [1.807, 2.05) is 17.8 Å². The lowest BCUT2D eigenvalue weighted by atomic mass is 10.5. The summed E-state index contributed by atoms with van der Waals surface area (Å²) in [6.07, 6.45) is 2.11. The highest BCUT2D eigenvalue weighted by Crippen LogP contribution is 2.13. The molecular formula is C6H7S2. The summed E-state index contributed by atoms with van der Waals surface area (Å²) in [4.78, 5) is 1.41. The number of thioether (sulfide) groups is 1. The van der Waals surface area contributed by atoms with E-state index in [-0.39, 0.29) is 0 Å². The number of hydrogen-bond donors (Lipinski definition) is 0. The van der Waals surface area contributed by atoms with Crippen molar-refractivity contribution in [2.24, 2.45) is 0 Å². The van der Waals surface area contributed by atoms with Crippen molar-refractivity contribution in [1.29, 1.82) is 0 Å². The second-order valence-corrected chi connectivity index (χ2v) is 3.28. The maximum absolute atomic E-state index is 3.04. The highest BCUT2D eigenvalue weighted by molar-refractivity contribution is 7.97. The second-order valence-electron chi connectivity index (χ2n) is 1.45. The largest absolute Gasteiger partial charge is 0.160 e. The zero-order valence-electron chi connectivity index (χ0n) is 4.68. The summed E-state index contributed by atoms with van der Waals surface area (Å²) in [5, 5.41) is 3.04. The minimum atomic E-state index is 1.13. The Morgan fingerprint density at radius 2 is 2.75 bits per heavy atom. The van der Waals surface area contributed by atoms with Crippen LogP contribution in [0.15, 0.2) is 12.1 Å². The molecule has 43 valence electrons. The minimum absolute atomic E-state index is 1.13. The zero-order valence-corrected chi connectivity index (χ0v) is 6.31. The SMILES string of the molecule is CSCc1cc[c]s1. The van der Waals surface area contributed by atoms with Gasteiger partial charge < -0.3 is 0 Å². The average molecular weight is 143 g/mol. The van der Waals surface area contributed by atoms with E-state index in [1.165, 1.54) is 4.88 Å². The maximum Gasteiger partial charge on any atom is 0.0445 e. The molecule has 0 amide bonds. The molecule has 1 radical (unpaired) electrons. The highest BCUT2D eigenvalue weighted by atomic mass is 32.2. The Hall–Kier alpha value is 0.0500. The van der Waals surface area contributed by atoms with Gasteiger partial charge in [-0.05, 0) is 18.4 Å². The lowest BCUT2D eigenvalue weighted by molar-refractivity contribution is 1.56. The van der Waals surface area contributed by atoms with Gasteiger partial charge in [-0.15, -0.1) is 11.3 Å². The molecule has 0 bridgehead atoms. The van der Waals surface area contributed by atoms with Gasteiger partial charge in [0.2, 0.25) is 0 Å². The molecule has 0 fully saturated rings. The summed E-state index contributed by atoms with van der Waals surface area (Å²) in [6.45, 7) is 0. The quantitative estimate of drug-likeness (QED) is 0.612. The third kappa shape index (κ3) is 1.53. The monoisotopic (exact) mass is 143 g/mol. The van der Waals surface area contributed by atoms with Crippen LogP contribution in [0, 0.1) is 5.38 Å². The smallest absolute Gasteiger partial charge is 0.0445 e. The van der Waals surface area contributed by atoms with Crippen molar-refractivity contribution < 1.29 is 0 Å². The lowest BCUT2D eigenvalue weighted by Crippen LogP contribution is -1.65. The highest BCUT2D eigenvalue weighted by Gasteiger charge is 1.87. The van der Waals surface area contributed by atoms with Crippen molar-refractivity contribution in [1.82, 2.24) is 0 Å². The Balaban J connectivity index is 2.50. The first-order valence-corrected chi connectivity index (χ1v) is 4.58. The molecular weight excluding hydrogens is 136 g/mol. The molecule has 0 aromatic carbocycles. The molecule has 1 rings (SSSR count). The van der Waals surface area contributed by atoms with E-state index in [2.05, 4.69) is 17.7 Å². The molecule has 1 aromatic heterocycles. The fourth-order valence-corrected chi connectivity index (χ4v) is 1.88. The van der Waals surface area contributed by atoms with Gasteiger partial charge in [0.25, 0.3) is 0 Å². The van der Waals surface area contributed by atoms with Crippen molar-refractivity contribution in [2.75, 3.05) is 6.26 Å². The van der Waals surface area contributed by atoms with Gasteiger partial charge in [0.15, 0.2) is 0 Å². The van der Waals surface area contributed by atoms with Crippen LogP contribution in [0.4, 0.5) is 0 Å². The number of thiophene rings is 1. The zero-order chi connectivity index (χ0) is 5.82. The molecule has 0 saturated heterocycles. The van der Waals surface area contributed by atoms with Crippen LogP contribution in [0.1, 0.15) is 4.88 Å². The minimum Gasteiger partial charge on any atom is -0.160 e. The van der Waals surface area contributed by atoms with Crippen LogP contribution in [0.2, 0.25) is 0 Å². The Bertz CT molecular complexity index is 132. The van der Waals surface area contributed by atoms with Crippen molar-refractivity contribution in [2.45, 2.75) is 5.75 Å². The molecule has 0 saturated carbocycles. The predicted molar refractivity (Wildman–Crippen MR) is 40.4 cm³/mol. The van der Waals surface area contributed by atoms with E-state index in [4.69, 9.17) is 0 Å². The average Bonchev–Trinajstić information content (AvgIpc) is 2.19. The predicted octanol–water partition coefficient (Wildman–Crippen LogP) is 2.41. The second kappa shape index (κ2) is 3.15. The fourth-order valence-electron chi connectivity index (χ4n) is 0.491. The van der Waals surface area contributed by atoms with Crippen molar-refractivity contribution in [3.63, 3.8) is 0 Å². The van der Waals surface area contributed by atoms with Crippen molar-refractivity contribution in [3.8, 4) is 0 Å². The standard InChI is InChI=1S/C6H7S2/c1-7-5-6-3-2-4-8-6/h2-3H,5H2,1H3. The Morgan fingerprint density at radius 1 is 1.88 bits per heavy atom. The molecule has 0 atom stereocenters. The molecule has 8 heavy (non-hydrogen) atoms. The number of hydrogen-bond acceptors (Lipinski definition) is 2. The Kier molecular flexibility index (Phi) is 2.43. The molecule has 0 N–H and O–H groups in total. The van der Waals surface area contributed by atoms with Gasteiger partial charge in [0.05, 0.1) is 0 Å². The van der Waals surface area contributed by atoms with Crippen LogP contribution in [0.5, 0.6) is 0 Å². The van der Waals surface area contributed by atoms with Crippen LogP contribution in [-0.2, 0) is 5.75 Å². The first kappa shape index (κ1) is 6.17. The molecule has 1 heterocycles. The number of rotatable bonds is 2. The van der Waals surface area contributed by atoms with Crippen LogP contribution in [0.25, 0.3) is 0 Å². The van der Waals surface area contributed by atoms with Crippen LogP contribution < -0.4 is 0 Å². The molecule has 0 aliphatic carbocycles. The summed E-state index contributed by atoms with van der Waals surface area (Å²) in [7, 11) is 0. The van der Waals surface area contributed by atoms with E-state index < -0.39 is 0 Å². The van der Waals surface area contributed by atoms with Gasteiger partial charge in [-0.25, -0.2) is 0 Å². The van der Waals surface area contributed by atoms with Crippen LogP contribution in [0.3, 0.4) is 0 Å². The third-order valence-corrected chi connectivity index (χ3v) is 2.39. The molecule has 0 nitrogen and oxygen atoms in total. The topological polar surface area (TPSA) is 0 Å². The van der Waals surface area contributed by atoms with Gasteiger partial charge in [-0.2, -0.15) is 11.8 Å². The third-order valence-electron chi connectivity index (χ3n) is 0.814. The van der Waals surface area contributed by atoms with E-state index in [0.717, 1.165) is 5.75 Å². The normalized spacial score (nSPS) is 9.62. The van der Waals surface area contributed by atoms with Gasteiger partial charge in [0, 0.05) is 16.0 Å². The first-order valence-electron chi connectivity index (χ1n) is 2.37. The molecule has 0 aliphatic heterocycles. The first-order chi connectivity index (χ1) is 3.93. The maximum atomic E-state index is 3.04. The Labute approximate surface area is 57.9 Å². The van der Waals surface area contributed by atoms with Gasteiger partial charge in [-0.1, -0.05) is 0 Å². The molecule has 0 unspecified atom stereocenters. The summed E-state index contributed by atoms with van der Waals surface area (Å²) < 4.78 is 0. The van der Waals surface area contributed by atoms with Crippen LogP contribution in [-0.4, -0.2) is 6.26 Å². The molecule has 1 aromatic rings. The van der Waals surface area contributed by atoms with Crippen molar-refractivity contribution >= 4 is 23.1 Å². The molecule has 0 aliphatic rings. The summed E-state index contributed by atoms with van der Waals surface area (Å²) in [6, 6.07) is 4.08. The van der Waals surface area contributed by atoms with Crippen LogP contribution >= 0.6 is 23.1 Å². The molecule has 0 spiro atoms. The van der Waals surface area contributed by atoms with E-state index >= 15 is 0 Å².